The fourth-order valence-corrected chi connectivity index (χ4v) is 2.46. The number of nitrogens with one attached hydrogen (secondary N) is 1. The summed E-state index contributed by atoms with van der Waals surface area (Å²) in [7, 11) is 1.64. The number of carbonyl (C=O) groups excluding carboxylic acids is 1. The van der Waals surface area contributed by atoms with Gasteiger partial charge in [-0.1, -0.05) is 20.8 Å². The number of carboxylic acid groups (broad SMARTS) is 1. The molecule has 1 aliphatic rings. The molecule has 1 fully saturated rings. The highest BCUT2D eigenvalue weighted by atomic mass is 16.5. The molecule has 20 heavy (non-hydrogen) atoms. The van der Waals surface area contributed by atoms with Gasteiger partial charge in [-0.15, -0.1) is 0 Å². The minimum atomic E-state index is -0.985. The number of rotatable bonds is 5. The van der Waals surface area contributed by atoms with Gasteiger partial charge in [-0.05, 0) is 24.7 Å². The van der Waals surface area contributed by atoms with Crippen LogP contribution in [0.5, 0.6) is 0 Å². The maximum Gasteiger partial charge on any atom is 0.326 e. The highest BCUT2D eigenvalue weighted by molar-refractivity contribution is 5.82. The van der Waals surface area contributed by atoms with Crippen molar-refractivity contribution in [2.75, 3.05) is 20.2 Å². The van der Waals surface area contributed by atoms with Crippen LogP contribution in [0.25, 0.3) is 0 Å². The molecule has 0 saturated carbocycles. The summed E-state index contributed by atoms with van der Waals surface area (Å²) >= 11 is 0. The van der Waals surface area contributed by atoms with Gasteiger partial charge < -0.3 is 20.1 Å². The summed E-state index contributed by atoms with van der Waals surface area (Å²) < 4.78 is 5.36. The Morgan fingerprint density at radius 2 is 2.10 bits per heavy atom. The molecule has 0 aromatic heterocycles. The molecule has 0 aromatic carbocycles. The molecule has 0 aliphatic carbocycles. The highest BCUT2D eigenvalue weighted by Gasteiger charge is 2.30. The lowest BCUT2D eigenvalue weighted by atomic mass is 9.96. The summed E-state index contributed by atoms with van der Waals surface area (Å²) in [4.78, 5) is 25.0. The predicted octanol–water partition coefficient (Wildman–Crippen LogP) is 1.55. The van der Waals surface area contributed by atoms with Crippen molar-refractivity contribution in [1.82, 2.24) is 10.2 Å². The monoisotopic (exact) mass is 286 g/mol. The van der Waals surface area contributed by atoms with Gasteiger partial charge in [0.1, 0.15) is 6.04 Å². The fraction of sp³-hybridized carbons (Fsp3) is 0.857. The van der Waals surface area contributed by atoms with Crippen LogP contribution in [0, 0.1) is 11.8 Å². The number of urea groups is 1. The maximum absolute atomic E-state index is 12.2. The third-order valence-electron chi connectivity index (χ3n) is 3.78. The van der Waals surface area contributed by atoms with Crippen molar-refractivity contribution in [3.63, 3.8) is 0 Å². The van der Waals surface area contributed by atoms with Crippen LogP contribution in [-0.4, -0.2) is 54.4 Å². The molecule has 0 bridgehead atoms. The molecule has 1 heterocycles. The number of amides is 2. The van der Waals surface area contributed by atoms with Crippen LogP contribution in [-0.2, 0) is 9.53 Å². The second kappa shape index (κ2) is 7.47. The minimum Gasteiger partial charge on any atom is -0.480 e. The van der Waals surface area contributed by atoms with Gasteiger partial charge in [0.05, 0.1) is 6.10 Å². The molecule has 0 radical (unpaired) electrons. The molecule has 2 N–H and O–H groups in total. The Labute approximate surface area is 120 Å². The SMILES string of the molecule is COC1CN(C(=O)N[C@H](CC(C)C)C(=O)O)CCC1C. The van der Waals surface area contributed by atoms with Crippen LogP contribution in [0.1, 0.15) is 33.6 Å². The predicted molar refractivity (Wildman–Crippen MR) is 75.6 cm³/mol. The Bertz CT molecular complexity index is 346. The Balaban J connectivity index is 2.58. The third-order valence-corrected chi connectivity index (χ3v) is 3.78. The fourth-order valence-electron chi connectivity index (χ4n) is 2.46. The van der Waals surface area contributed by atoms with E-state index < -0.39 is 12.0 Å². The first-order chi connectivity index (χ1) is 9.35. The van der Waals surface area contributed by atoms with Crippen LogP contribution >= 0.6 is 0 Å². The van der Waals surface area contributed by atoms with E-state index in [1.165, 1.54) is 0 Å². The number of aliphatic carboxylic acids is 1. The zero-order chi connectivity index (χ0) is 15.3. The lowest BCUT2D eigenvalue weighted by molar-refractivity contribution is -0.139. The van der Waals surface area contributed by atoms with Crippen molar-refractivity contribution < 1.29 is 19.4 Å². The number of carboxylic acids is 1. The van der Waals surface area contributed by atoms with Crippen molar-refractivity contribution in [2.45, 2.75) is 45.8 Å². The van der Waals surface area contributed by atoms with Crippen molar-refractivity contribution >= 4 is 12.0 Å². The average Bonchev–Trinajstić information content (AvgIpc) is 2.37. The molecule has 6 nitrogen and oxygen atoms in total. The van der Waals surface area contributed by atoms with Crippen LogP contribution < -0.4 is 5.32 Å². The molecular weight excluding hydrogens is 260 g/mol. The number of hydrogen-bond acceptors (Lipinski definition) is 3. The lowest BCUT2D eigenvalue weighted by Crippen LogP contribution is -2.53. The van der Waals surface area contributed by atoms with E-state index in [-0.39, 0.29) is 18.1 Å². The quantitative estimate of drug-likeness (QED) is 0.803. The Hall–Kier alpha value is -1.30. The van der Waals surface area contributed by atoms with E-state index in [4.69, 9.17) is 9.84 Å². The molecule has 3 atom stereocenters. The summed E-state index contributed by atoms with van der Waals surface area (Å²) in [5.74, 6) is -0.361. The smallest absolute Gasteiger partial charge is 0.326 e. The van der Waals surface area contributed by atoms with Gasteiger partial charge in [0.25, 0.3) is 0 Å². The average molecular weight is 286 g/mol. The first-order valence-electron chi connectivity index (χ1n) is 7.16. The number of nitrogens with zero attached hydrogens (tertiary/aromatic N) is 1. The van der Waals surface area contributed by atoms with Gasteiger partial charge in [0.2, 0.25) is 0 Å². The molecule has 1 rings (SSSR count). The number of ether oxygens (including phenoxy) is 1. The van der Waals surface area contributed by atoms with Crippen LogP contribution in [0.3, 0.4) is 0 Å². The number of carbonyl (C=O) groups is 2. The van der Waals surface area contributed by atoms with Crippen LogP contribution in [0.2, 0.25) is 0 Å². The molecule has 2 amide bonds. The van der Waals surface area contributed by atoms with Crippen molar-refractivity contribution in [1.29, 1.82) is 0 Å². The zero-order valence-corrected chi connectivity index (χ0v) is 12.8. The molecule has 6 heteroatoms. The van der Waals surface area contributed by atoms with E-state index >= 15 is 0 Å². The summed E-state index contributed by atoms with van der Waals surface area (Å²) in [6.45, 7) is 7.12. The molecule has 1 aliphatic heterocycles. The van der Waals surface area contributed by atoms with Gasteiger partial charge in [-0.2, -0.15) is 0 Å². The minimum absolute atomic E-state index is 0.0166. The highest BCUT2D eigenvalue weighted by Crippen LogP contribution is 2.19. The van der Waals surface area contributed by atoms with Gasteiger partial charge in [0, 0.05) is 20.2 Å². The molecule has 116 valence electrons. The van der Waals surface area contributed by atoms with Gasteiger partial charge in [-0.3, -0.25) is 0 Å². The van der Waals surface area contributed by atoms with E-state index in [9.17, 15) is 9.59 Å². The maximum atomic E-state index is 12.2. The number of piperidine rings is 1. The van der Waals surface area contributed by atoms with Gasteiger partial charge in [-0.25, -0.2) is 9.59 Å². The van der Waals surface area contributed by atoms with Crippen molar-refractivity contribution in [3.8, 4) is 0 Å². The molecular formula is C14H26N2O4. The Morgan fingerprint density at radius 1 is 1.45 bits per heavy atom. The first kappa shape index (κ1) is 16.8. The Morgan fingerprint density at radius 3 is 2.60 bits per heavy atom. The van der Waals surface area contributed by atoms with Crippen molar-refractivity contribution in [2.24, 2.45) is 11.8 Å². The second-order valence-corrected chi connectivity index (χ2v) is 5.96. The zero-order valence-electron chi connectivity index (χ0n) is 12.8. The van der Waals surface area contributed by atoms with E-state index in [2.05, 4.69) is 12.2 Å². The largest absolute Gasteiger partial charge is 0.480 e. The molecule has 1 saturated heterocycles. The van der Waals surface area contributed by atoms with Crippen LogP contribution in [0.4, 0.5) is 4.79 Å². The summed E-state index contributed by atoms with van der Waals surface area (Å²) in [6, 6.07) is -1.14. The first-order valence-corrected chi connectivity index (χ1v) is 7.16. The molecule has 0 spiro atoms. The number of methoxy groups -OCH3 is 1. The lowest BCUT2D eigenvalue weighted by Gasteiger charge is -2.36. The molecule has 2 unspecified atom stereocenters. The topological polar surface area (TPSA) is 78.9 Å². The second-order valence-electron chi connectivity index (χ2n) is 5.96. The van der Waals surface area contributed by atoms with E-state index in [1.807, 2.05) is 13.8 Å². The number of likely N-dealkylation sites (tertiary alicyclic amines) is 1. The summed E-state index contributed by atoms with van der Waals surface area (Å²) in [5.41, 5.74) is 0. The molecule has 0 aromatic rings. The third kappa shape index (κ3) is 4.67. The van der Waals surface area contributed by atoms with E-state index in [0.29, 0.717) is 25.4 Å². The number of hydrogen-bond donors (Lipinski definition) is 2. The van der Waals surface area contributed by atoms with E-state index in [0.717, 1.165) is 6.42 Å². The van der Waals surface area contributed by atoms with E-state index in [1.54, 1.807) is 12.0 Å². The summed E-state index contributed by atoms with van der Waals surface area (Å²) in [5, 5.41) is 11.8. The standard InChI is InChI=1S/C14H26N2O4/c1-9(2)7-11(13(17)18)15-14(19)16-6-5-10(3)12(8-16)20-4/h9-12H,5-8H2,1-4H3,(H,15,19)(H,17,18)/t10?,11-,12?/m1/s1. The van der Waals surface area contributed by atoms with Crippen LogP contribution in [0.15, 0.2) is 0 Å². The Kier molecular flexibility index (Phi) is 6.26. The van der Waals surface area contributed by atoms with Gasteiger partial charge in [0.15, 0.2) is 0 Å². The van der Waals surface area contributed by atoms with Crippen molar-refractivity contribution in [3.05, 3.63) is 0 Å². The van der Waals surface area contributed by atoms with Gasteiger partial charge >= 0.3 is 12.0 Å². The summed E-state index contributed by atoms with van der Waals surface area (Å²) in [6.07, 6.45) is 1.32. The normalized spacial score (nSPS) is 24.6.